The van der Waals surface area contributed by atoms with Crippen LogP contribution in [0.15, 0.2) is 109 Å². The summed E-state index contributed by atoms with van der Waals surface area (Å²) in [5.74, 6) is 1.56. The molecule has 1 unspecified atom stereocenters. The van der Waals surface area contributed by atoms with Gasteiger partial charge in [-0.3, -0.25) is 5.43 Å². The van der Waals surface area contributed by atoms with Gasteiger partial charge in [-0.05, 0) is 55.0 Å². The minimum atomic E-state index is -0.460. The van der Waals surface area contributed by atoms with E-state index in [0.29, 0.717) is 5.11 Å². The summed E-state index contributed by atoms with van der Waals surface area (Å²) in [4.78, 5) is 0. The highest BCUT2D eigenvalue weighted by molar-refractivity contribution is 7.80. The van der Waals surface area contributed by atoms with Crippen LogP contribution >= 0.6 is 12.2 Å². The van der Waals surface area contributed by atoms with Crippen molar-refractivity contribution in [1.82, 2.24) is 10.4 Å². The van der Waals surface area contributed by atoms with Gasteiger partial charge >= 0.3 is 0 Å². The largest absolute Gasteiger partial charge is 0.497 e. The third kappa shape index (κ3) is 4.90. The zero-order chi connectivity index (χ0) is 24.9. The number of nitrogens with one attached hydrogen (secondary N) is 2. The molecule has 0 bridgehead atoms. The molecule has 1 aliphatic heterocycles. The van der Waals surface area contributed by atoms with Crippen LogP contribution < -0.4 is 15.5 Å². The van der Waals surface area contributed by atoms with E-state index < -0.39 is 6.23 Å². The van der Waals surface area contributed by atoms with Crippen molar-refractivity contribution >= 4 is 34.5 Å². The fourth-order valence-corrected chi connectivity index (χ4v) is 4.39. The fraction of sp³-hybridized carbons (Fsp3) is 0.100. The van der Waals surface area contributed by atoms with Crippen LogP contribution in [0.25, 0.3) is 11.5 Å². The summed E-state index contributed by atoms with van der Waals surface area (Å²) in [7, 11) is 1.66. The second-order valence-corrected chi connectivity index (χ2v) is 8.81. The number of thiocarbonyl (C=S) groups is 1. The molecule has 5 nitrogen and oxygen atoms in total. The van der Waals surface area contributed by atoms with Crippen LogP contribution in [0.3, 0.4) is 0 Å². The molecule has 0 fully saturated rings. The predicted molar refractivity (Wildman–Crippen MR) is 149 cm³/mol. The molecule has 0 amide bonds. The Kier molecular flexibility index (Phi) is 6.87. The number of hydrogen-bond acceptors (Lipinski definition) is 4. The molecule has 0 saturated carbocycles. The molecule has 1 heterocycles. The zero-order valence-electron chi connectivity index (χ0n) is 20.1. The summed E-state index contributed by atoms with van der Waals surface area (Å²) in [6, 6.07) is 36.3. The van der Waals surface area contributed by atoms with Crippen molar-refractivity contribution in [3.05, 3.63) is 131 Å². The van der Waals surface area contributed by atoms with Crippen molar-refractivity contribution in [2.75, 3.05) is 12.4 Å². The molecule has 1 aliphatic rings. The van der Waals surface area contributed by atoms with E-state index in [1.54, 1.807) is 7.11 Å². The molecule has 6 heteroatoms. The first-order valence-corrected chi connectivity index (χ1v) is 12.1. The normalized spacial score (nSPS) is 14.8. The van der Waals surface area contributed by atoms with Crippen LogP contribution in [0.2, 0.25) is 0 Å². The predicted octanol–water partition coefficient (Wildman–Crippen LogP) is 6.76. The smallest absolute Gasteiger partial charge is 0.216 e. The van der Waals surface area contributed by atoms with E-state index in [2.05, 4.69) is 35.0 Å². The van der Waals surface area contributed by atoms with Crippen LogP contribution in [0, 0.1) is 6.92 Å². The van der Waals surface area contributed by atoms with Gasteiger partial charge in [0.15, 0.2) is 10.9 Å². The Bertz CT molecular complexity index is 1370. The van der Waals surface area contributed by atoms with Gasteiger partial charge in [0.05, 0.1) is 7.11 Å². The molecule has 1 atom stereocenters. The maximum Gasteiger partial charge on any atom is 0.216 e. The number of anilines is 1. The number of benzene rings is 4. The quantitative estimate of drug-likeness (QED) is 0.289. The van der Waals surface area contributed by atoms with E-state index in [-0.39, 0.29) is 0 Å². The third-order valence-electron chi connectivity index (χ3n) is 6.02. The van der Waals surface area contributed by atoms with E-state index >= 15 is 0 Å². The molecule has 0 spiro atoms. The summed E-state index contributed by atoms with van der Waals surface area (Å²) < 4.78 is 12.0. The van der Waals surface area contributed by atoms with E-state index in [4.69, 9.17) is 21.7 Å². The first-order chi connectivity index (χ1) is 17.6. The van der Waals surface area contributed by atoms with Gasteiger partial charge < -0.3 is 14.8 Å². The second kappa shape index (κ2) is 10.5. The molecule has 0 saturated heterocycles. The third-order valence-corrected chi connectivity index (χ3v) is 6.21. The van der Waals surface area contributed by atoms with Gasteiger partial charge in [-0.1, -0.05) is 78.9 Å². The van der Waals surface area contributed by atoms with Crippen LogP contribution in [-0.4, -0.2) is 17.2 Å². The number of ether oxygens (including phenoxy) is 2. The van der Waals surface area contributed by atoms with Crippen molar-refractivity contribution in [3.8, 4) is 5.75 Å². The monoisotopic (exact) mass is 493 g/mol. The summed E-state index contributed by atoms with van der Waals surface area (Å²) in [6.45, 7) is 2.05. The summed E-state index contributed by atoms with van der Waals surface area (Å²) in [6.07, 6.45) is -0.460. The first kappa shape index (κ1) is 23.5. The van der Waals surface area contributed by atoms with Crippen LogP contribution in [0.5, 0.6) is 5.75 Å². The highest BCUT2D eigenvalue weighted by Gasteiger charge is 2.37. The number of para-hydroxylation sites is 1. The van der Waals surface area contributed by atoms with E-state index in [0.717, 1.165) is 45.1 Å². The molecule has 36 heavy (non-hydrogen) atoms. The number of hydrazine groups is 1. The Hall–Kier alpha value is -4.29. The lowest BCUT2D eigenvalue weighted by Gasteiger charge is -2.29. The molecule has 0 aromatic heterocycles. The number of methoxy groups -OCH3 is 1. The highest BCUT2D eigenvalue weighted by atomic mass is 32.1. The van der Waals surface area contributed by atoms with Gasteiger partial charge in [0, 0.05) is 22.4 Å². The van der Waals surface area contributed by atoms with Gasteiger partial charge in [-0.15, -0.1) is 0 Å². The molecule has 4 aromatic carbocycles. The van der Waals surface area contributed by atoms with E-state index in [1.807, 2.05) is 96.9 Å². The molecule has 5 rings (SSSR count). The van der Waals surface area contributed by atoms with Gasteiger partial charge in [0.2, 0.25) is 6.23 Å². The van der Waals surface area contributed by atoms with Crippen molar-refractivity contribution in [2.24, 2.45) is 0 Å². The molecule has 2 N–H and O–H groups in total. The molecule has 4 aromatic rings. The standard InChI is InChI=1S/C30H27N3O2S/c1-21-11-9-10-16-26(21)31-30(36)32-33-27(22-12-5-3-6-13-22)28(23-14-7-4-8-15-23)35-29(33)24-17-19-25(34-2)20-18-24/h3-20,29H,1-2H3,(H2,31,32,36). The highest BCUT2D eigenvalue weighted by Crippen LogP contribution is 2.44. The number of hydrogen-bond donors (Lipinski definition) is 2. The van der Waals surface area contributed by atoms with E-state index in [9.17, 15) is 0 Å². The van der Waals surface area contributed by atoms with Crippen molar-refractivity contribution < 1.29 is 9.47 Å². The van der Waals surface area contributed by atoms with Crippen molar-refractivity contribution in [2.45, 2.75) is 13.2 Å². The van der Waals surface area contributed by atoms with Gasteiger partial charge in [-0.25, -0.2) is 5.01 Å². The van der Waals surface area contributed by atoms with Crippen molar-refractivity contribution in [1.29, 1.82) is 0 Å². The maximum absolute atomic E-state index is 6.68. The topological polar surface area (TPSA) is 45.8 Å². The molecule has 0 radical (unpaired) electrons. The van der Waals surface area contributed by atoms with Crippen molar-refractivity contribution in [3.63, 3.8) is 0 Å². The second-order valence-electron chi connectivity index (χ2n) is 8.40. The average molecular weight is 494 g/mol. The lowest BCUT2D eigenvalue weighted by molar-refractivity contribution is 0.0564. The number of aryl methyl sites for hydroxylation is 1. The zero-order valence-corrected chi connectivity index (χ0v) is 21.0. The lowest BCUT2D eigenvalue weighted by atomic mass is 10.1. The first-order valence-electron chi connectivity index (χ1n) is 11.7. The van der Waals surface area contributed by atoms with Crippen LogP contribution in [0.4, 0.5) is 5.69 Å². The Morgan fingerprint density at radius 1 is 0.806 bits per heavy atom. The summed E-state index contributed by atoms with van der Waals surface area (Å²) in [5, 5.41) is 5.79. The molecule has 0 aliphatic carbocycles. The summed E-state index contributed by atoms with van der Waals surface area (Å²) >= 11 is 5.77. The lowest BCUT2D eigenvalue weighted by Crippen LogP contribution is -2.43. The average Bonchev–Trinajstić information content (AvgIpc) is 3.30. The minimum absolute atomic E-state index is 0.460. The van der Waals surface area contributed by atoms with Gasteiger partial charge in [0.25, 0.3) is 0 Å². The molecular weight excluding hydrogens is 466 g/mol. The Balaban J connectivity index is 1.57. The Labute approximate surface area is 217 Å². The van der Waals surface area contributed by atoms with E-state index in [1.165, 1.54) is 0 Å². The van der Waals surface area contributed by atoms with Crippen LogP contribution in [-0.2, 0) is 4.74 Å². The Morgan fingerprint density at radius 2 is 1.42 bits per heavy atom. The number of rotatable bonds is 6. The minimum Gasteiger partial charge on any atom is -0.497 e. The van der Waals surface area contributed by atoms with Gasteiger partial charge in [0.1, 0.15) is 11.4 Å². The fourth-order valence-electron chi connectivity index (χ4n) is 4.18. The summed E-state index contributed by atoms with van der Waals surface area (Å²) in [5.41, 5.74) is 9.33. The van der Waals surface area contributed by atoms with Crippen LogP contribution in [0.1, 0.15) is 28.5 Å². The maximum atomic E-state index is 6.68. The molecular formula is C30H27N3O2S. The molecule has 180 valence electrons. The Morgan fingerprint density at radius 3 is 2.06 bits per heavy atom. The SMILES string of the molecule is COc1ccc(C2OC(c3ccccc3)=C(c3ccccc3)N2NC(=S)Nc2ccccc2C)cc1. The number of nitrogens with zero attached hydrogens (tertiary/aromatic N) is 1. The van der Waals surface area contributed by atoms with Gasteiger partial charge in [-0.2, -0.15) is 0 Å².